The number of para-hydroxylation sites is 1. The number of piperazine rings is 1. The quantitative estimate of drug-likeness (QED) is 0.634. The van der Waals surface area contributed by atoms with Crippen LogP contribution in [-0.2, 0) is 6.54 Å². The van der Waals surface area contributed by atoms with E-state index in [0.29, 0.717) is 0 Å². The molecule has 0 unspecified atom stereocenters. The maximum absolute atomic E-state index is 5.81. The molecule has 2 heterocycles. The van der Waals surface area contributed by atoms with Crippen LogP contribution in [0.15, 0.2) is 73.1 Å². The fourth-order valence-electron chi connectivity index (χ4n) is 3.41. The largest absolute Gasteiger partial charge is 0.492 e. The van der Waals surface area contributed by atoms with E-state index in [4.69, 9.17) is 4.74 Å². The van der Waals surface area contributed by atoms with Crippen molar-refractivity contribution in [2.75, 3.05) is 39.3 Å². The first-order valence-electron chi connectivity index (χ1n) is 9.86. The molecule has 0 spiro atoms. The zero-order valence-electron chi connectivity index (χ0n) is 16.1. The summed E-state index contributed by atoms with van der Waals surface area (Å²) in [6.07, 6.45) is 3.91. The fraction of sp³-hybridized carbons (Fsp3) is 0.304. The van der Waals surface area contributed by atoms with Crippen molar-refractivity contribution < 1.29 is 4.74 Å². The fourth-order valence-corrected chi connectivity index (χ4v) is 3.41. The van der Waals surface area contributed by atoms with E-state index < -0.39 is 0 Å². The van der Waals surface area contributed by atoms with E-state index in [1.54, 1.807) is 0 Å². The van der Waals surface area contributed by atoms with Gasteiger partial charge in [-0.2, -0.15) is 0 Å². The molecule has 0 bridgehead atoms. The molecular weight excluding hydrogens is 348 g/mol. The number of aromatic nitrogens is 2. The van der Waals surface area contributed by atoms with Crippen molar-refractivity contribution in [3.63, 3.8) is 0 Å². The maximum atomic E-state index is 5.81. The number of nitrogens with zero attached hydrogens (tertiary/aromatic N) is 4. The summed E-state index contributed by atoms with van der Waals surface area (Å²) in [7, 11) is 0. The highest BCUT2D eigenvalue weighted by Crippen LogP contribution is 2.14. The van der Waals surface area contributed by atoms with E-state index in [2.05, 4.69) is 19.8 Å². The zero-order chi connectivity index (χ0) is 19.0. The molecule has 3 aromatic rings. The van der Waals surface area contributed by atoms with Crippen LogP contribution in [0.1, 0.15) is 5.56 Å². The summed E-state index contributed by atoms with van der Waals surface area (Å²) in [6, 6.07) is 20.1. The van der Waals surface area contributed by atoms with Crippen LogP contribution in [0.25, 0.3) is 11.4 Å². The number of hydrogen-bond donors (Lipinski definition) is 0. The van der Waals surface area contributed by atoms with Crippen LogP contribution in [0, 0.1) is 0 Å². The van der Waals surface area contributed by atoms with Gasteiger partial charge in [0.1, 0.15) is 12.4 Å². The average molecular weight is 374 g/mol. The van der Waals surface area contributed by atoms with E-state index in [9.17, 15) is 0 Å². The Morgan fingerprint density at radius 1 is 0.750 bits per heavy atom. The smallest absolute Gasteiger partial charge is 0.159 e. The molecule has 5 nitrogen and oxygen atoms in total. The van der Waals surface area contributed by atoms with Gasteiger partial charge >= 0.3 is 0 Å². The molecule has 1 aliphatic heterocycles. The number of benzene rings is 2. The number of hydrogen-bond acceptors (Lipinski definition) is 5. The minimum absolute atomic E-state index is 0.735. The van der Waals surface area contributed by atoms with Gasteiger partial charge in [0, 0.05) is 62.8 Å². The molecule has 0 radical (unpaired) electrons. The van der Waals surface area contributed by atoms with Crippen LogP contribution in [0.4, 0.5) is 0 Å². The van der Waals surface area contributed by atoms with E-state index in [1.165, 1.54) is 5.56 Å². The van der Waals surface area contributed by atoms with Crippen LogP contribution in [-0.4, -0.2) is 59.1 Å². The Morgan fingerprint density at radius 2 is 1.36 bits per heavy atom. The van der Waals surface area contributed by atoms with Crippen LogP contribution < -0.4 is 4.74 Å². The predicted octanol–water partition coefficient (Wildman–Crippen LogP) is 3.34. The lowest BCUT2D eigenvalue weighted by Crippen LogP contribution is -2.47. The first kappa shape index (κ1) is 18.6. The van der Waals surface area contributed by atoms with E-state index >= 15 is 0 Å². The van der Waals surface area contributed by atoms with Gasteiger partial charge in [0.25, 0.3) is 0 Å². The second-order valence-electron chi connectivity index (χ2n) is 7.06. The lowest BCUT2D eigenvalue weighted by Gasteiger charge is -2.34. The van der Waals surface area contributed by atoms with Gasteiger partial charge in [0.2, 0.25) is 0 Å². The molecule has 0 saturated carbocycles. The molecule has 5 heteroatoms. The van der Waals surface area contributed by atoms with Gasteiger partial charge in [-0.15, -0.1) is 0 Å². The molecule has 4 rings (SSSR count). The highest BCUT2D eigenvalue weighted by Gasteiger charge is 2.17. The van der Waals surface area contributed by atoms with Crippen molar-refractivity contribution in [2.24, 2.45) is 0 Å². The minimum Gasteiger partial charge on any atom is -0.492 e. The lowest BCUT2D eigenvalue weighted by molar-refractivity contribution is 0.112. The third-order valence-corrected chi connectivity index (χ3v) is 5.03. The van der Waals surface area contributed by atoms with Gasteiger partial charge in [0.05, 0.1) is 0 Å². The molecule has 1 aliphatic rings. The van der Waals surface area contributed by atoms with E-state index in [0.717, 1.165) is 63.0 Å². The molecule has 0 amide bonds. The molecule has 144 valence electrons. The van der Waals surface area contributed by atoms with Crippen molar-refractivity contribution >= 4 is 0 Å². The Morgan fingerprint density at radius 3 is 2.04 bits per heavy atom. The number of rotatable bonds is 7. The summed E-state index contributed by atoms with van der Waals surface area (Å²) in [6.45, 7) is 6.87. The zero-order valence-corrected chi connectivity index (χ0v) is 16.1. The van der Waals surface area contributed by atoms with Crippen LogP contribution >= 0.6 is 0 Å². The Kier molecular flexibility index (Phi) is 6.27. The third-order valence-electron chi connectivity index (χ3n) is 5.03. The summed E-state index contributed by atoms with van der Waals surface area (Å²) in [5.74, 6) is 1.73. The van der Waals surface area contributed by atoms with Gasteiger partial charge in [-0.25, -0.2) is 9.97 Å². The van der Waals surface area contributed by atoms with E-state index in [-0.39, 0.29) is 0 Å². The predicted molar refractivity (Wildman–Crippen MR) is 111 cm³/mol. The second-order valence-corrected chi connectivity index (χ2v) is 7.06. The standard InChI is InChI=1S/C23H26N4O/c1-3-7-21(8-4-1)23-24-17-20(18-25-23)19-27-13-11-26(12-14-27)15-16-28-22-9-5-2-6-10-22/h1-10,17-18H,11-16,19H2. The van der Waals surface area contributed by atoms with Gasteiger partial charge in [-0.05, 0) is 12.1 Å². The van der Waals surface area contributed by atoms with Crippen LogP contribution in [0.5, 0.6) is 5.75 Å². The first-order valence-corrected chi connectivity index (χ1v) is 9.86. The summed E-state index contributed by atoms with van der Waals surface area (Å²) in [5, 5.41) is 0. The summed E-state index contributed by atoms with van der Waals surface area (Å²) >= 11 is 0. The van der Waals surface area contributed by atoms with Crippen molar-refractivity contribution in [3.8, 4) is 17.1 Å². The Bertz CT molecular complexity index is 831. The summed E-state index contributed by atoms with van der Waals surface area (Å²) in [5.41, 5.74) is 2.22. The number of ether oxygens (including phenoxy) is 1. The van der Waals surface area contributed by atoms with Crippen molar-refractivity contribution in [1.82, 2.24) is 19.8 Å². The van der Waals surface area contributed by atoms with Gasteiger partial charge in [-0.3, -0.25) is 9.80 Å². The minimum atomic E-state index is 0.735. The molecule has 1 fully saturated rings. The molecule has 2 aromatic carbocycles. The normalized spacial score (nSPS) is 15.4. The summed E-state index contributed by atoms with van der Waals surface area (Å²) in [4.78, 5) is 14.0. The molecule has 28 heavy (non-hydrogen) atoms. The highest BCUT2D eigenvalue weighted by molar-refractivity contribution is 5.53. The van der Waals surface area contributed by atoms with Crippen molar-refractivity contribution in [2.45, 2.75) is 6.54 Å². The van der Waals surface area contributed by atoms with Gasteiger partial charge < -0.3 is 4.74 Å². The lowest BCUT2D eigenvalue weighted by atomic mass is 10.2. The highest BCUT2D eigenvalue weighted by atomic mass is 16.5. The van der Waals surface area contributed by atoms with Crippen molar-refractivity contribution in [1.29, 1.82) is 0 Å². The third kappa shape index (κ3) is 5.15. The topological polar surface area (TPSA) is 41.5 Å². The molecule has 1 saturated heterocycles. The van der Waals surface area contributed by atoms with Gasteiger partial charge in [0.15, 0.2) is 5.82 Å². The van der Waals surface area contributed by atoms with E-state index in [1.807, 2.05) is 73.1 Å². The Hall–Kier alpha value is -2.76. The molecule has 0 aliphatic carbocycles. The summed E-state index contributed by atoms with van der Waals surface area (Å²) < 4.78 is 5.81. The Labute approximate surface area is 166 Å². The monoisotopic (exact) mass is 374 g/mol. The molecule has 0 N–H and O–H groups in total. The SMILES string of the molecule is c1ccc(OCCN2CCN(Cc3cnc(-c4ccccc4)nc3)CC2)cc1. The van der Waals surface area contributed by atoms with Crippen LogP contribution in [0.2, 0.25) is 0 Å². The molecular formula is C23H26N4O. The first-order chi connectivity index (χ1) is 13.9. The average Bonchev–Trinajstić information content (AvgIpc) is 2.77. The second kappa shape index (κ2) is 9.44. The Balaban J connectivity index is 1.20. The molecule has 0 atom stereocenters. The van der Waals surface area contributed by atoms with Crippen LogP contribution in [0.3, 0.4) is 0 Å². The molecule has 1 aromatic heterocycles. The maximum Gasteiger partial charge on any atom is 0.159 e. The van der Waals surface area contributed by atoms with Crippen molar-refractivity contribution in [3.05, 3.63) is 78.6 Å². The van der Waals surface area contributed by atoms with Gasteiger partial charge in [-0.1, -0.05) is 48.5 Å².